The summed E-state index contributed by atoms with van der Waals surface area (Å²) >= 11 is 0. The largest absolute Gasteiger partial charge is 0.497 e. The Labute approximate surface area is 129 Å². The quantitative estimate of drug-likeness (QED) is 0.796. The maximum atomic E-state index is 12.1. The minimum absolute atomic E-state index is 0.263. The van der Waals surface area contributed by atoms with Gasteiger partial charge >= 0.3 is 5.97 Å². The summed E-state index contributed by atoms with van der Waals surface area (Å²) < 4.78 is 15.2. The second-order valence-corrected chi connectivity index (χ2v) is 5.14. The van der Waals surface area contributed by atoms with Crippen molar-refractivity contribution in [3.05, 3.63) is 29.8 Å². The molecular formula is C16H21NO5. The van der Waals surface area contributed by atoms with Crippen LogP contribution in [-0.4, -0.2) is 44.8 Å². The second-order valence-electron chi connectivity index (χ2n) is 5.14. The zero-order chi connectivity index (χ0) is 15.9. The van der Waals surface area contributed by atoms with Gasteiger partial charge in [0.1, 0.15) is 17.9 Å². The van der Waals surface area contributed by atoms with Gasteiger partial charge in [0.15, 0.2) is 0 Å². The number of ether oxygens (including phenoxy) is 3. The zero-order valence-electron chi connectivity index (χ0n) is 12.8. The molecule has 2 atom stereocenters. The standard InChI is InChI=1S/C16H21NO5/c1-20-12-7-5-11(6-8-12)10-13(16(19)21-2)17-15(18)14-4-3-9-22-14/h5-8,13-14H,3-4,9-10H2,1-2H3,(H,17,18)/t13-,14+/m1/s1. The van der Waals surface area contributed by atoms with Crippen LogP contribution < -0.4 is 10.1 Å². The predicted octanol–water partition coefficient (Wildman–Crippen LogP) is 1.07. The number of hydrogen-bond donors (Lipinski definition) is 1. The number of benzene rings is 1. The van der Waals surface area contributed by atoms with Crippen LogP contribution in [0.5, 0.6) is 5.75 Å². The van der Waals surface area contributed by atoms with Crippen LogP contribution in [0.2, 0.25) is 0 Å². The number of esters is 1. The fourth-order valence-electron chi connectivity index (χ4n) is 2.38. The maximum absolute atomic E-state index is 12.1. The number of hydrogen-bond acceptors (Lipinski definition) is 5. The van der Waals surface area contributed by atoms with Crippen molar-refractivity contribution in [3.8, 4) is 5.75 Å². The van der Waals surface area contributed by atoms with Crippen molar-refractivity contribution in [3.63, 3.8) is 0 Å². The molecular weight excluding hydrogens is 286 g/mol. The van der Waals surface area contributed by atoms with Crippen molar-refractivity contribution in [1.29, 1.82) is 0 Å². The molecule has 1 amide bonds. The summed E-state index contributed by atoms with van der Waals surface area (Å²) in [4.78, 5) is 24.0. The van der Waals surface area contributed by atoms with Gasteiger partial charge in [-0.2, -0.15) is 0 Å². The highest BCUT2D eigenvalue weighted by Gasteiger charge is 2.28. The van der Waals surface area contributed by atoms with E-state index in [1.54, 1.807) is 7.11 Å². The number of carbonyl (C=O) groups excluding carboxylic acids is 2. The van der Waals surface area contributed by atoms with E-state index in [9.17, 15) is 9.59 Å². The van der Waals surface area contributed by atoms with Gasteiger partial charge in [-0.15, -0.1) is 0 Å². The molecule has 6 heteroatoms. The third-order valence-corrected chi connectivity index (χ3v) is 3.62. The topological polar surface area (TPSA) is 73.9 Å². The molecule has 0 aromatic heterocycles. The molecule has 0 aliphatic carbocycles. The first kappa shape index (κ1) is 16.3. The molecule has 1 aliphatic rings. The lowest BCUT2D eigenvalue weighted by Gasteiger charge is -2.19. The fraction of sp³-hybridized carbons (Fsp3) is 0.500. The molecule has 2 rings (SSSR count). The number of amides is 1. The second kappa shape index (κ2) is 7.79. The van der Waals surface area contributed by atoms with Crippen LogP contribution in [0.3, 0.4) is 0 Å². The molecule has 1 fully saturated rings. The highest BCUT2D eigenvalue weighted by molar-refractivity contribution is 5.87. The third kappa shape index (κ3) is 4.21. The van der Waals surface area contributed by atoms with E-state index in [1.807, 2.05) is 24.3 Å². The SMILES string of the molecule is COC(=O)[C@@H](Cc1ccc(OC)cc1)NC(=O)[C@@H]1CCCO1. The van der Waals surface area contributed by atoms with Crippen molar-refractivity contribution in [2.45, 2.75) is 31.4 Å². The number of rotatable bonds is 6. The Morgan fingerprint density at radius 3 is 2.59 bits per heavy atom. The van der Waals surface area contributed by atoms with E-state index in [1.165, 1.54) is 7.11 Å². The Morgan fingerprint density at radius 2 is 2.05 bits per heavy atom. The molecule has 0 radical (unpaired) electrons. The zero-order valence-corrected chi connectivity index (χ0v) is 12.8. The van der Waals surface area contributed by atoms with Crippen LogP contribution in [-0.2, 0) is 25.5 Å². The smallest absolute Gasteiger partial charge is 0.328 e. The summed E-state index contributed by atoms with van der Waals surface area (Å²) in [6, 6.07) is 6.60. The first-order chi connectivity index (χ1) is 10.6. The van der Waals surface area contributed by atoms with Crippen molar-refractivity contribution >= 4 is 11.9 Å². The third-order valence-electron chi connectivity index (χ3n) is 3.62. The van der Waals surface area contributed by atoms with E-state index >= 15 is 0 Å². The van der Waals surface area contributed by atoms with Crippen molar-refractivity contribution < 1.29 is 23.8 Å². The van der Waals surface area contributed by atoms with Gasteiger partial charge in [-0.1, -0.05) is 12.1 Å². The van der Waals surface area contributed by atoms with Crippen LogP contribution >= 0.6 is 0 Å². The summed E-state index contributed by atoms with van der Waals surface area (Å²) in [5.41, 5.74) is 0.906. The first-order valence-corrected chi connectivity index (χ1v) is 7.26. The molecule has 120 valence electrons. The summed E-state index contributed by atoms with van der Waals surface area (Å²) in [6.45, 7) is 0.583. The van der Waals surface area contributed by atoms with E-state index in [0.717, 1.165) is 17.7 Å². The van der Waals surface area contributed by atoms with Gasteiger partial charge in [0, 0.05) is 13.0 Å². The molecule has 0 unspecified atom stereocenters. The maximum Gasteiger partial charge on any atom is 0.328 e. The Hall–Kier alpha value is -2.08. The van der Waals surface area contributed by atoms with Crippen LogP contribution in [0, 0.1) is 0 Å². The van der Waals surface area contributed by atoms with E-state index in [0.29, 0.717) is 19.4 Å². The van der Waals surface area contributed by atoms with Crippen molar-refractivity contribution in [1.82, 2.24) is 5.32 Å². The molecule has 0 bridgehead atoms. The molecule has 1 aliphatic heterocycles. The Balaban J connectivity index is 2.01. The van der Waals surface area contributed by atoms with Gasteiger partial charge in [0.05, 0.1) is 14.2 Å². The van der Waals surface area contributed by atoms with E-state index in [2.05, 4.69) is 5.32 Å². The normalized spacial score (nSPS) is 18.5. The van der Waals surface area contributed by atoms with Crippen molar-refractivity contribution in [2.24, 2.45) is 0 Å². The van der Waals surface area contributed by atoms with Crippen LogP contribution in [0.1, 0.15) is 18.4 Å². The van der Waals surface area contributed by atoms with Crippen LogP contribution in [0.4, 0.5) is 0 Å². The highest BCUT2D eigenvalue weighted by atomic mass is 16.5. The van der Waals surface area contributed by atoms with Crippen molar-refractivity contribution in [2.75, 3.05) is 20.8 Å². The molecule has 0 saturated carbocycles. The van der Waals surface area contributed by atoms with Crippen LogP contribution in [0.15, 0.2) is 24.3 Å². The summed E-state index contributed by atoms with van der Waals surface area (Å²) in [6.07, 6.45) is 1.43. The Bertz CT molecular complexity index is 508. The Morgan fingerprint density at radius 1 is 1.32 bits per heavy atom. The lowest BCUT2D eigenvalue weighted by molar-refractivity contribution is -0.146. The summed E-state index contributed by atoms with van der Waals surface area (Å²) in [5, 5.41) is 2.72. The number of carbonyl (C=O) groups is 2. The molecule has 1 aromatic rings. The Kier molecular flexibility index (Phi) is 5.77. The predicted molar refractivity (Wildman–Crippen MR) is 79.6 cm³/mol. The molecule has 6 nitrogen and oxygen atoms in total. The molecule has 1 N–H and O–H groups in total. The molecule has 22 heavy (non-hydrogen) atoms. The lowest BCUT2D eigenvalue weighted by atomic mass is 10.1. The molecule has 1 saturated heterocycles. The monoisotopic (exact) mass is 307 g/mol. The van der Waals surface area contributed by atoms with Gasteiger partial charge in [0.25, 0.3) is 0 Å². The summed E-state index contributed by atoms with van der Waals surface area (Å²) in [7, 11) is 2.90. The van der Waals surface area contributed by atoms with E-state index in [4.69, 9.17) is 14.2 Å². The first-order valence-electron chi connectivity index (χ1n) is 7.26. The van der Waals surface area contributed by atoms with Crippen LogP contribution in [0.25, 0.3) is 0 Å². The van der Waals surface area contributed by atoms with Gasteiger partial charge in [-0.05, 0) is 30.5 Å². The number of nitrogens with one attached hydrogen (secondary N) is 1. The molecule has 1 heterocycles. The molecule has 1 aromatic carbocycles. The van der Waals surface area contributed by atoms with Gasteiger partial charge < -0.3 is 19.5 Å². The average molecular weight is 307 g/mol. The van der Waals surface area contributed by atoms with Gasteiger partial charge in [-0.3, -0.25) is 4.79 Å². The minimum atomic E-state index is -0.727. The summed E-state index contributed by atoms with van der Waals surface area (Å²) in [5.74, 6) is 0.00494. The van der Waals surface area contributed by atoms with E-state index < -0.39 is 18.1 Å². The number of methoxy groups -OCH3 is 2. The molecule has 0 spiro atoms. The van der Waals surface area contributed by atoms with Gasteiger partial charge in [-0.25, -0.2) is 4.79 Å². The minimum Gasteiger partial charge on any atom is -0.497 e. The average Bonchev–Trinajstić information content (AvgIpc) is 3.08. The lowest BCUT2D eigenvalue weighted by Crippen LogP contribution is -2.47. The highest BCUT2D eigenvalue weighted by Crippen LogP contribution is 2.15. The van der Waals surface area contributed by atoms with Gasteiger partial charge in [0.2, 0.25) is 5.91 Å². The fourth-order valence-corrected chi connectivity index (χ4v) is 2.38. The van der Waals surface area contributed by atoms with E-state index in [-0.39, 0.29) is 5.91 Å².